The maximum Gasteiger partial charge on any atom is 0.138 e. The molecule has 0 unspecified atom stereocenters. The van der Waals surface area contributed by atoms with Gasteiger partial charge in [0.2, 0.25) is 0 Å². The molecule has 0 saturated carbocycles. The summed E-state index contributed by atoms with van der Waals surface area (Å²) in [6.45, 7) is 2.87. The third-order valence-corrected chi connectivity index (χ3v) is 2.81. The molecule has 0 spiro atoms. The first-order valence-corrected chi connectivity index (χ1v) is 6.39. The Hall–Kier alpha value is -1.01. The number of ether oxygens (including phenoxy) is 1. The molecule has 0 aliphatic rings. The number of hydrogen-bond acceptors (Lipinski definition) is 2. The van der Waals surface area contributed by atoms with Gasteiger partial charge >= 0.3 is 0 Å². The summed E-state index contributed by atoms with van der Waals surface area (Å²) in [4.78, 5) is 0. The highest BCUT2D eigenvalue weighted by Gasteiger charge is 2.03. The van der Waals surface area contributed by atoms with Gasteiger partial charge in [0.05, 0.1) is 12.2 Å². The number of unbranched alkanes of at least 4 members (excludes halogenated alkanes) is 3. The number of rotatable bonds is 6. The topological polar surface area (TPSA) is 33.0 Å². The first-order valence-electron chi connectivity index (χ1n) is 5.60. The van der Waals surface area contributed by atoms with Crippen LogP contribution in [0.4, 0.5) is 0 Å². The van der Waals surface area contributed by atoms with Crippen molar-refractivity contribution in [1.82, 2.24) is 0 Å². The summed E-state index contributed by atoms with van der Waals surface area (Å²) in [5.74, 6) is 0.674. The monoisotopic (exact) mass is 281 g/mol. The molecule has 0 N–H and O–H groups in total. The maximum atomic E-state index is 8.90. The highest BCUT2D eigenvalue weighted by Crippen LogP contribution is 2.23. The van der Waals surface area contributed by atoms with Crippen LogP contribution in [0.15, 0.2) is 22.7 Å². The molecule has 0 aliphatic heterocycles. The summed E-state index contributed by atoms with van der Waals surface area (Å²) in [6, 6.07) is 7.59. The highest BCUT2D eigenvalue weighted by molar-refractivity contribution is 9.10. The summed E-state index contributed by atoms with van der Waals surface area (Å²) in [7, 11) is 0. The minimum absolute atomic E-state index is 0.596. The lowest BCUT2D eigenvalue weighted by Gasteiger charge is -2.07. The quantitative estimate of drug-likeness (QED) is 0.729. The molecule has 86 valence electrons. The Bertz CT molecular complexity index is 371. The van der Waals surface area contributed by atoms with E-state index in [0.29, 0.717) is 17.9 Å². The van der Waals surface area contributed by atoms with E-state index in [4.69, 9.17) is 10.00 Å². The van der Waals surface area contributed by atoms with Gasteiger partial charge in [-0.15, -0.1) is 0 Å². The second kappa shape index (κ2) is 7.29. The zero-order valence-corrected chi connectivity index (χ0v) is 11.1. The molecule has 1 aromatic carbocycles. The molecule has 3 heteroatoms. The predicted molar refractivity (Wildman–Crippen MR) is 68.5 cm³/mol. The molecule has 0 aliphatic carbocycles. The van der Waals surface area contributed by atoms with Crippen molar-refractivity contribution in [3.8, 4) is 11.8 Å². The number of nitrogens with zero attached hydrogens (tertiary/aromatic N) is 1. The first-order chi connectivity index (χ1) is 7.77. The Morgan fingerprint density at radius 3 is 2.81 bits per heavy atom. The molecule has 0 amide bonds. The molecule has 0 atom stereocenters. The summed E-state index contributed by atoms with van der Waals surface area (Å²) < 4.78 is 6.54. The van der Waals surface area contributed by atoms with Crippen molar-refractivity contribution >= 4 is 15.9 Å². The van der Waals surface area contributed by atoms with Crippen molar-refractivity contribution in [2.24, 2.45) is 0 Å². The van der Waals surface area contributed by atoms with Crippen LogP contribution in [-0.4, -0.2) is 6.61 Å². The van der Waals surface area contributed by atoms with Crippen molar-refractivity contribution in [1.29, 1.82) is 5.26 Å². The average Bonchev–Trinajstić information content (AvgIpc) is 2.29. The first kappa shape index (κ1) is 13.1. The zero-order valence-electron chi connectivity index (χ0n) is 9.50. The zero-order chi connectivity index (χ0) is 11.8. The van der Waals surface area contributed by atoms with Crippen molar-refractivity contribution in [2.45, 2.75) is 32.6 Å². The fourth-order valence-electron chi connectivity index (χ4n) is 1.42. The van der Waals surface area contributed by atoms with E-state index in [1.807, 2.05) is 12.1 Å². The lowest BCUT2D eigenvalue weighted by Crippen LogP contribution is -1.99. The van der Waals surface area contributed by atoms with Crippen LogP contribution in [0.3, 0.4) is 0 Å². The number of benzene rings is 1. The van der Waals surface area contributed by atoms with Crippen LogP contribution in [0.1, 0.15) is 38.2 Å². The summed E-state index contributed by atoms with van der Waals surface area (Å²) >= 11 is 3.37. The van der Waals surface area contributed by atoms with Crippen molar-refractivity contribution in [3.05, 3.63) is 28.2 Å². The summed E-state index contributed by atoms with van der Waals surface area (Å²) in [5.41, 5.74) is 0.596. The Morgan fingerprint density at radius 1 is 1.31 bits per heavy atom. The largest absolute Gasteiger partial charge is 0.492 e. The van der Waals surface area contributed by atoms with E-state index < -0.39 is 0 Å². The lowest BCUT2D eigenvalue weighted by molar-refractivity contribution is 0.304. The normalized spacial score (nSPS) is 9.81. The maximum absolute atomic E-state index is 8.90. The fourth-order valence-corrected chi connectivity index (χ4v) is 1.76. The van der Waals surface area contributed by atoms with Crippen molar-refractivity contribution < 1.29 is 4.74 Å². The van der Waals surface area contributed by atoms with Crippen molar-refractivity contribution in [2.75, 3.05) is 6.61 Å². The second-order valence-electron chi connectivity index (χ2n) is 3.66. The highest BCUT2D eigenvalue weighted by atomic mass is 79.9. The van der Waals surface area contributed by atoms with Gasteiger partial charge in [-0.25, -0.2) is 0 Å². The molecule has 0 aromatic heterocycles. The SMILES string of the molecule is CCCCCCOc1cc(Br)ccc1C#N. The molecule has 1 aromatic rings. The Morgan fingerprint density at radius 2 is 2.12 bits per heavy atom. The molecule has 0 radical (unpaired) electrons. The van der Waals surface area contributed by atoms with Crippen LogP contribution in [0, 0.1) is 11.3 Å². The molecule has 1 rings (SSSR count). The third-order valence-electron chi connectivity index (χ3n) is 2.32. The lowest BCUT2D eigenvalue weighted by atomic mass is 10.2. The Labute approximate surface area is 105 Å². The van der Waals surface area contributed by atoms with Crippen LogP contribution in [-0.2, 0) is 0 Å². The van der Waals surface area contributed by atoms with Gasteiger partial charge < -0.3 is 4.74 Å². The van der Waals surface area contributed by atoms with E-state index in [1.165, 1.54) is 19.3 Å². The number of halogens is 1. The van der Waals surface area contributed by atoms with Crippen LogP contribution < -0.4 is 4.74 Å². The molecular formula is C13H16BrNO. The fraction of sp³-hybridized carbons (Fsp3) is 0.462. The molecule has 0 bridgehead atoms. The summed E-state index contributed by atoms with van der Waals surface area (Å²) in [6.07, 6.45) is 4.70. The average molecular weight is 282 g/mol. The van der Waals surface area contributed by atoms with Crippen LogP contribution in [0.25, 0.3) is 0 Å². The van der Waals surface area contributed by atoms with Gasteiger partial charge in [0.15, 0.2) is 0 Å². The van der Waals surface area contributed by atoms with Gasteiger partial charge in [-0.3, -0.25) is 0 Å². The smallest absolute Gasteiger partial charge is 0.138 e. The molecule has 0 heterocycles. The van der Waals surface area contributed by atoms with Gasteiger partial charge in [0.25, 0.3) is 0 Å². The second-order valence-corrected chi connectivity index (χ2v) is 4.58. The summed E-state index contributed by atoms with van der Waals surface area (Å²) in [5, 5.41) is 8.90. The van der Waals surface area contributed by atoms with E-state index in [0.717, 1.165) is 10.9 Å². The van der Waals surface area contributed by atoms with Gasteiger partial charge in [-0.05, 0) is 24.6 Å². The van der Waals surface area contributed by atoms with E-state index in [1.54, 1.807) is 6.07 Å². The standard InChI is InChI=1S/C13H16BrNO/c1-2-3-4-5-8-16-13-9-12(14)7-6-11(13)10-15/h6-7,9H,2-5,8H2,1H3. The van der Waals surface area contributed by atoms with E-state index in [-0.39, 0.29) is 0 Å². The predicted octanol–water partition coefficient (Wildman–Crippen LogP) is 4.28. The van der Waals surface area contributed by atoms with Gasteiger partial charge in [-0.1, -0.05) is 42.1 Å². The van der Waals surface area contributed by atoms with E-state index in [2.05, 4.69) is 28.9 Å². The number of hydrogen-bond donors (Lipinski definition) is 0. The van der Waals surface area contributed by atoms with Gasteiger partial charge in [0.1, 0.15) is 11.8 Å². The van der Waals surface area contributed by atoms with E-state index in [9.17, 15) is 0 Å². The third kappa shape index (κ3) is 4.24. The molecule has 16 heavy (non-hydrogen) atoms. The minimum atomic E-state index is 0.596. The van der Waals surface area contributed by atoms with Crippen LogP contribution >= 0.6 is 15.9 Å². The Kier molecular flexibility index (Phi) is 5.95. The van der Waals surface area contributed by atoms with Gasteiger partial charge in [0, 0.05) is 4.47 Å². The molecule has 0 fully saturated rings. The minimum Gasteiger partial charge on any atom is -0.492 e. The number of nitriles is 1. The molecule has 2 nitrogen and oxygen atoms in total. The molecule has 0 saturated heterocycles. The van der Waals surface area contributed by atoms with Crippen molar-refractivity contribution in [3.63, 3.8) is 0 Å². The van der Waals surface area contributed by atoms with Crippen LogP contribution in [0.5, 0.6) is 5.75 Å². The van der Waals surface area contributed by atoms with Gasteiger partial charge in [-0.2, -0.15) is 5.26 Å². The molecular weight excluding hydrogens is 266 g/mol. The van der Waals surface area contributed by atoms with E-state index >= 15 is 0 Å². The van der Waals surface area contributed by atoms with Crippen LogP contribution in [0.2, 0.25) is 0 Å². The Balaban J connectivity index is 2.46.